The van der Waals surface area contributed by atoms with Crippen LogP contribution in [0.15, 0.2) is 24.3 Å². The number of phenolic OH excluding ortho intramolecular Hbond substituents is 1. The minimum Gasteiger partial charge on any atom is -0.508 e. The van der Waals surface area contributed by atoms with Crippen molar-refractivity contribution in [2.75, 3.05) is 0 Å². The molecule has 0 radical (unpaired) electrons. The molecule has 2 aliphatic carbocycles. The molecule has 2 atom stereocenters. The van der Waals surface area contributed by atoms with Gasteiger partial charge in [-0.1, -0.05) is 12.1 Å². The number of rotatable bonds is 2. The molecule has 0 spiro atoms. The molecule has 0 heterocycles. The fourth-order valence-electron chi connectivity index (χ4n) is 2.71. The van der Waals surface area contributed by atoms with Crippen molar-refractivity contribution in [2.45, 2.75) is 30.7 Å². The third-order valence-electron chi connectivity index (χ3n) is 3.77. The molecular weight excluding hydrogens is 174 g/mol. The summed E-state index contributed by atoms with van der Waals surface area (Å²) in [5, 5.41) is 9.23. The summed E-state index contributed by atoms with van der Waals surface area (Å²) in [5.41, 5.74) is 7.65. The second kappa shape index (κ2) is 2.51. The summed E-state index contributed by atoms with van der Waals surface area (Å²) in [6, 6.07) is 7.94. The highest BCUT2D eigenvalue weighted by atomic mass is 16.3. The predicted octanol–water partition coefficient (Wildman–Crippen LogP) is 1.77. The Bertz CT molecular complexity index is 355. The lowest BCUT2D eigenvalue weighted by Gasteiger charge is -2.15. The van der Waals surface area contributed by atoms with Crippen LogP contribution in [0.3, 0.4) is 0 Å². The van der Waals surface area contributed by atoms with Gasteiger partial charge >= 0.3 is 0 Å². The number of hydrogen-bond acceptors (Lipinski definition) is 2. The van der Waals surface area contributed by atoms with Crippen molar-refractivity contribution in [2.24, 2.45) is 11.7 Å². The molecule has 2 aliphatic rings. The SMILES string of the molecule is N[C@@H]1CC1(c1ccc(O)cc1)C1CC1. The highest BCUT2D eigenvalue weighted by molar-refractivity contribution is 5.41. The lowest BCUT2D eigenvalue weighted by atomic mass is 9.90. The van der Waals surface area contributed by atoms with Gasteiger partial charge in [-0.2, -0.15) is 0 Å². The Morgan fingerprint density at radius 1 is 1.21 bits per heavy atom. The van der Waals surface area contributed by atoms with Crippen LogP contribution in [0.5, 0.6) is 5.75 Å². The Kier molecular flexibility index (Phi) is 1.49. The van der Waals surface area contributed by atoms with Crippen molar-refractivity contribution in [1.29, 1.82) is 0 Å². The minimum absolute atomic E-state index is 0.272. The van der Waals surface area contributed by atoms with Crippen molar-refractivity contribution in [3.8, 4) is 5.75 Å². The number of benzene rings is 1. The molecule has 0 aliphatic heterocycles. The monoisotopic (exact) mass is 189 g/mol. The zero-order valence-electron chi connectivity index (χ0n) is 8.11. The van der Waals surface area contributed by atoms with Crippen molar-refractivity contribution < 1.29 is 5.11 Å². The molecule has 0 bridgehead atoms. The van der Waals surface area contributed by atoms with Crippen LogP contribution in [0, 0.1) is 5.92 Å². The van der Waals surface area contributed by atoms with Crippen LogP contribution in [0.25, 0.3) is 0 Å². The molecule has 3 rings (SSSR count). The highest BCUT2D eigenvalue weighted by Crippen LogP contribution is 2.61. The third-order valence-corrected chi connectivity index (χ3v) is 3.77. The molecule has 1 aromatic carbocycles. The maximum absolute atomic E-state index is 9.23. The number of nitrogens with two attached hydrogens (primary N) is 1. The lowest BCUT2D eigenvalue weighted by Crippen LogP contribution is -2.20. The summed E-state index contributed by atoms with van der Waals surface area (Å²) >= 11 is 0. The van der Waals surface area contributed by atoms with Gasteiger partial charge in [0.05, 0.1) is 0 Å². The van der Waals surface area contributed by atoms with Gasteiger partial charge in [-0.15, -0.1) is 0 Å². The van der Waals surface area contributed by atoms with Crippen LogP contribution in [0.2, 0.25) is 0 Å². The summed E-state index contributed by atoms with van der Waals surface area (Å²) in [5.74, 6) is 1.15. The van der Waals surface area contributed by atoms with E-state index in [0.29, 0.717) is 11.8 Å². The highest BCUT2D eigenvalue weighted by Gasteiger charge is 2.61. The maximum Gasteiger partial charge on any atom is 0.115 e. The molecule has 2 saturated carbocycles. The van der Waals surface area contributed by atoms with E-state index in [2.05, 4.69) is 0 Å². The van der Waals surface area contributed by atoms with E-state index in [9.17, 15) is 5.11 Å². The van der Waals surface area contributed by atoms with E-state index in [1.54, 1.807) is 12.1 Å². The molecule has 2 heteroatoms. The summed E-state index contributed by atoms with van der Waals surface area (Å²) in [7, 11) is 0. The second-order valence-corrected chi connectivity index (χ2v) is 4.67. The first-order valence-electron chi connectivity index (χ1n) is 5.28. The standard InChI is InChI=1S/C12H15NO/c13-11-7-12(11,8-1-2-8)9-3-5-10(14)6-4-9/h3-6,8,11,14H,1-2,7,13H2/t11-,12?/m1/s1. The van der Waals surface area contributed by atoms with Gasteiger partial charge in [-0.05, 0) is 42.9 Å². The average molecular weight is 189 g/mol. The molecule has 14 heavy (non-hydrogen) atoms. The van der Waals surface area contributed by atoms with Gasteiger partial charge in [-0.25, -0.2) is 0 Å². The van der Waals surface area contributed by atoms with Crippen LogP contribution in [0.4, 0.5) is 0 Å². The van der Waals surface area contributed by atoms with Crippen LogP contribution in [-0.4, -0.2) is 11.1 Å². The van der Waals surface area contributed by atoms with E-state index in [1.165, 1.54) is 18.4 Å². The Labute approximate surface area is 83.7 Å². The molecule has 3 N–H and O–H groups in total. The Balaban J connectivity index is 1.97. The van der Waals surface area contributed by atoms with Gasteiger partial charge in [0.1, 0.15) is 5.75 Å². The molecule has 2 nitrogen and oxygen atoms in total. The minimum atomic E-state index is 0.272. The molecule has 74 valence electrons. The Morgan fingerprint density at radius 2 is 1.79 bits per heavy atom. The van der Waals surface area contributed by atoms with E-state index in [-0.39, 0.29) is 5.41 Å². The van der Waals surface area contributed by atoms with Gasteiger partial charge in [0.15, 0.2) is 0 Å². The predicted molar refractivity (Wildman–Crippen MR) is 55.1 cm³/mol. The van der Waals surface area contributed by atoms with E-state index in [4.69, 9.17) is 5.73 Å². The smallest absolute Gasteiger partial charge is 0.115 e. The topological polar surface area (TPSA) is 46.2 Å². The number of aromatic hydroxyl groups is 1. The lowest BCUT2D eigenvalue weighted by molar-refractivity contribution is 0.474. The Hall–Kier alpha value is -1.02. The van der Waals surface area contributed by atoms with Crippen LogP contribution < -0.4 is 5.73 Å². The van der Waals surface area contributed by atoms with E-state index in [0.717, 1.165) is 12.3 Å². The molecule has 0 aromatic heterocycles. The molecule has 2 fully saturated rings. The van der Waals surface area contributed by atoms with E-state index in [1.807, 2.05) is 12.1 Å². The van der Waals surface area contributed by atoms with Crippen LogP contribution in [0.1, 0.15) is 24.8 Å². The first-order valence-corrected chi connectivity index (χ1v) is 5.28. The maximum atomic E-state index is 9.23. The van der Waals surface area contributed by atoms with Gasteiger partial charge in [0.2, 0.25) is 0 Å². The quantitative estimate of drug-likeness (QED) is 0.744. The number of hydrogen-bond donors (Lipinski definition) is 2. The largest absolute Gasteiger partial charge is 0.508 e. The average Bonchev–Trinajstić information content (AvgIpc) is 3.01. The Morgan fingerprint density at radius 3 is 2.21 bits per heavy atom. The zero-order chi connectivity index (χ0) is 9.76. The zero-order valence-corrected chi connectivity index (χ0v) is 8.11. The molecule has 0 saturated heterocycles. The fourth-order valence-corrected chi connectivity index (χ4v) is 2.71. The van der Waals surface area contributed by atoms with Crippen LogP contribution in [-0.2, 0) is 5.41 Å². The summed E-state index contributed by atoms with van der Waals surface area (Å²) in [6.45, 7) is 0. The van der Waals surface area contributed by atoms with Gasteiger partial charge in [-0.3, -0.25) is 0 Å². The molecule has 1 unspecified atom stereocenters. The van der Waals surface area contributed by atoms with Crippen molar-refractivity contribution in [1.82, 2.24) is 0 Å². The van der Waals surface area contributed by atoms with Crippen molar-refractivity contribution >= 4 is 0 Å². The third kappa shape index (κ3) is 1.01. The van der Waals surface area contributed by atoms with E-state index < -0.39 is 0 Å². The van der Waals surface area contributed by atoms with Gasteiger partial charge < -0.3 is 10.8 Å². The first kappa shape index (κ1) is 8.30. The molecule has 0 amide bonds. The summed E-state index contributed by atoms with van der Waals surface area (Å²) in [4.78, 5) is 0. The van der Waals surface area contributed by atoms with Gasteiger partial charge in [0, 0.05) is 11.5 Å². The molecular formula is C12H15NO. The second-order valence-electron chi connectivity index (χ2n) is 4.67. The van der Waals surface area contributed by atoms with Crippen molar-refractivity contribution in [3.63, 3.8) is 0 Å². The summed E-state index contributed by atoms with van der Waals surface area (Å²) in [6.07, 6.45) is 3.78. The summed E-state index contributed by atoms with van der Waals surface area (Å²) < 4.78 is 0. The van der Waals surface area contributed by atoms with Crippen LogP contribution >= 0.6 is 0 Å². The molecule has 1 aromatic rings. The number of phenols is 1. The van der Waals surface area contributed by atoms with Gasteiger partial charge in [0.25, 0.3) is 0 Å². The first-order chi connectivity index (χ1) is 6.73. The van der Waals surface area contributed by atoms with Crippen molar-refractivity contribution in [3.05, 3.63) is 29.8 Å². The van der Waals surface area contributed by atoms with E-state index >= 15 is 0 Å². The fraction of sp³-hybridized carbons (Fsp3) is 0.500. The normalized spacial score (nSPS) is 35.6.